The fourth-order valence-corrected chi connectivity index (χ4v) is 4.08. The molecule has 7 heteroatoms. The molecule has 0 radical (unpaired) electrons. The van der Waals surface area contributed by atoms with E-state index in [1.807, 2.05) is 18.2 Å². The lowest BCUT2D eigenvalue weighted by Gasteiger charge is -2.18. The van der Waals surface area contributed by atoms with Crippen molar-refractivity contribution >= 4 is 16.9 Å². The molecule has 4 rings (SSSR count). The minimum atomic E-state index is -2.73. The van der Waals surface area contributed by atoms with Gasteiger partial charge in [0.05, 0.1) is 11.4 Å². The van der Waals surface area contributed by atoms with Gasteiger partial charge in [0.2, 0.25) is 0 Å². The second-order valence-electron chi connectivity index (χ2n) is 6.99. The zero-order chi connectivity index (χ0) is 19.0. The normalized spacial score (nSPS) is 25.3. The molecule has 3 unspecified atom stereocenters. The summed E-state index contributed by atoms with van der Waals surface area (Å²) in [5.41, 5.74) is 0.973. The molecule has 2 saturated carbocycles. The minimum absolute atomic E-state index is 0.0334. The molecule has 1 aromatic heterocycles. The van der Waals surface area contributed by atoms with Gasteiger partial charge >= 0.3 is 5.97 Å². The zero-order valence-electron chi connectivity index (χ0n) is 14.5. The highest BCUT2D eigenvalue weighted by atomic mass is 19.3. The number of esters is 1. The van der Waals surface area contributed by atoms with Gasteiger partial charge in [-0.3, -0.25) is 9.78 Å². The molecule has 0 bridgehead atoms. The molecule has 2 aliphatic carbocycles. The molecule has 2 aromatic rings. The van der Waals surface area contributed by atoms with Crippen LogP contribution in [0.5, 0.6) is 5.75 Å². The van der Waals surface area contributed by atoms with Crippen molar-refractivity contribution in [2.24, 2.45) is 17.8 Å². The number of para-hydroxylation sites is 1. The van der Waals surface area contributed by atoms with Crippen LogP contribution in [0.3, 0.4) is 0 Å². The molecule has 140 valence electrons. The highest BCUT2D eigenvalue weighted by Gasteiger charge is 2.72. The Morgan fingerprint density at radius 2 is 2.11 bits per heavy atom. The van der Waals surface area contributed by atoms with Crippen LogP contribution in [0.2, 0.25) is 0 Å². The first kappa shape index (κ1) is 17.7. The molecular weight excluding hydrogens is 354 g/mol. The van der Waals surface area contributed by atoms with E-state index in [9.17, 15) is 18.8 Å². The molecule has 0 N–H and O–H groups in total. The monoisotopic (exact) mass is 372 g/mol. The first-order valence-corrected chi connectivity index (χ1v) is 8.99. The number of alkyl halides is 2. The summed E-state index contributed by atoms with van der Waals surface area (Å²) in [6.45, 7) is -0.0224. The summed E-state index contributed by atoms with van der Waals surface area (Å²) in [7, 11) is 0. The van der Waals surface area contributed by atoms with Crippen LogP contribution in [0.4, 0.5) is 8.78 Å². The highest BCUT2D eigenvalue weighted by molar-refractivity contribution is 5.87. The van der Waals surface area contributed by atoms with Gasteiger partial charge in [0.25, 0.3) is 5.92 Å². The van der Waals surface area contributed by atoms with E-state index in [1.54, 1.807) is 12.1 Å². The van der Waals surface area contributed by atoms with Crippen molar-refractivity contribution in [1.82, 2.24) is 4.98 Å². The fraction of sp³-hybridized carbons (Fsp3) is 0.450. The van der Waals surface area contributed by atoms with E-state index in [-0.39, 0.29) is 18.8 Å². The molecule has 2 fully saturated rings. The van der Waals surface area contributed by atoms with Crippen molar-refractivity contribution in [2.75, 3.05) is 13.2 Å². The molecule has 1 aromatic carbocycles. The van der Waals surface area contributed by atoms with Crippen LogP contribution in [0, 0.1) is 29.1 Å². The van der Waals surface area contributed by atoms with Crippen LogP contribution in [0.25, 0.3) is 10.9 Å². The Labute approximate surface area is 154 Å². The molecule has 0 saturated heterocycles. The van der Waals surface area contributed by atoms with Crippen LogP contribution in [0.15, 0.2) is 30.5 Å². The van der Waals surface area contributed by atoms with Gasteiger partial charge in [-0.25, -0.2) is 8.78 Å². The van der Waals surface area contributed by atoms with Gasteiger partial charge in [0.15, 0.2) is 0 Å². The van der Waals surface area contributed by atoms with Crippen LogP contribution < -0.4 is 4.74 Å². The molecule has 2 aliphatic rings. The Morgan fingerprint density at radius 3 is 2.93 bits per heavy atom. The Balaban J connectivity index is 1.36. The lowest BCUT2D eigenvalue weighted by Crippen LogP contribution is -2.25. The average Bonchev–Trinajstić information content (AvgIpc) is 3.26. The molecule has 5 nitrogen and oxygen atoms in total. The third kappa shape index (κ3) is 3.09. The minimum Gasteiger partial charge on any atom is -0.488 e. The maximum absolute atomic E-state index is 13.7. The van der Waals surface area contributed by atoms with E-state index in [0.717, 1.165) is 0 Å². The molecular formula is C20H18F2N2O3. The van der Waals surface area contributed by atoms with Crippen molar-refractivity contribution in [2.45, 2.75) is 25.2 Å². The van der Waals surface area contributed by atoms with Crippen LogP contribution >= 0.6 is 0 Å². The lowest BCUT2D eigenvalue weighted by molar-refractivity contribution is -0.151. The van der Waals surface area contributed by atoms with Gasteiger partial charge in [-0.2, -0.15) is 5.26 Å². The maximum atomic E-state index is 13.7. The summed E-state index contributed by atoms with van der Waals surface area (Å²) in [4.78, 5) is 16.4. The molecule has 0 spiro atoms. The number of hydrogen-bond acceptors (Lipinski definition) is 5. The van der Waals surface area contributed by atoms with Gasteiger partial charge in [0, 0.05) is 23.4 Å². The number of nitriles is 1. The number of nitrogens with zero attached hydrogens (tertiary/aromatic N) is 2. The van der Waals surface area contributed by atoms with Crippen molar-refractivity contribution in [3.05, 3.63) is 36.0 Å². The third-order valence-corrected chi connectivity index (χ3v) is 5.45. The number of pyridine rings is 1. The van der Waals surface area contributed by atoms with Crippen LogP contribution in [-0.4, -0.2) is 30.1 Å². The summed E-state index contributed by atoms with van der Waals surface area (Å²) >= 11 is 0. The van der Waals surface area contributed by atoms with Gasteiger partial charge in [-0.05, 0) is 25.0 Å². The summed E-state index contributed by atoms with van der Waals surface area (Å²) in [6, 6.07) is 9.27. The number of fused-ring (bicyclic) bond motifs is 2. The van der Waals surface area contributed by atoms with Gasteiger partial charge < -0.3 is 9.47 Å². The van der Waals surface area contributed by atoms with E-state index in [4.69, 9.17) is 9.47 Å². The predicted octanol–water partition coefficient (Wildman–Crippen LogP) is 3.71. The Hall–Kier alpha value is -2.75. The number of halogens is 2. The molecule has 0 aliphatic heterocycles. The Morgan fingerprint density at radius 1 is 1.30 bits per heavy atom. The fourth-order valence-electron chi connectivity index (χ4n) is 4.08. The summed E-state index contributed by atoms with van der Waals surface area (Å²) in [5.74, 6) is -5.18. The maximum Gasteiger partial charge on any atom is 0.309 e. The molecule has 0 amide bonds. The van der Waals surface area contributed by atoms with E-state index in [2.05, 4.69) is 4.98 Å². The largest absolute Gasteiger partial charge is 0.488 e. The van der Waals surface area contributed by atoms with Gasteiger partial charge in [-0.1, -0.05) is 18.6 Å². The van der Waals surface area contributed by atoms with E-state index < -0.39 is 29.6 Å². The molecule has 1 heterocycles. The predicted molar refractivity (Wildman–Crippen MR) is 92.2 cm³/mol. The van der Waals surface area contributed by atoms with Crippen LogP contribution in [-0.2, 0) is 9.53 Å². The number of aromatic nitrogens is 1. The second-order valence-corrected chi connectivity index (χ2v) is 6.99. The number of rotatable bonds is 5. The standard InChI is InChI=1S/C20H18F2N2O3/c21-20(22)15-6-3-5-14(17(15)20)19(25)27-9-8-26-18-12(10-23)11-24-16-7-2-1-4-13(16)18/h1-2,4,7,11,14-15,17H,3,5-6,8-9H2. The van der Waals surface area contributed by atoms with Crippen LogP contribution in [0.1, 0.15) is 24.8 Å². The number of carbonyl (C=O) groups is 1. The van der Waals surface area contributed by atoms with E-state index >= 15 is 0 Å². The Kier molecular flexibility index (Phi) is 4.42. The quantitative estimate of drug-likeness (QED) is 0.591. The van der Waals surface area contributed by atoms with Gasteiger partial charge in [-0.15, -0.1) is 0 Å². The Bertz CT molecular complexity index is 925. The number of benzene rings is 1. The first-order chi connectivity index (χ1) is 13.0. The van der Waals surface area contributed by atoms with Crippen molar-refractivity contribution in [1.29, 1.82) is 5.26 Å². The molecule has 27 heavy (non-hydrogen) atoms. The number of ether oxygens (including phenoxy) is 2. The third-order valence-electron chi connectivity index (χ3n) is 5.45. The second kappa shape index (κ2) is 6.76. The first-order valence-electron chi connectivity index (χ1n) is 8.99. The zero-order valence-corrected chi connectivity index (χ0v) is 14.5. The van der Waals surface area contributed by atoms with E-state index in [0.29, 0.717) is 35.9 Å². The summed E-state index contributed by atoms with van der Waals surface area (Å²) in [6.07, 6.45) is 2.99. The number of carbonyl (C=O) groups excluding carboxylic acids is 1. The van der Waals surface area contributed by atoms with Crippen molar-refractivity contribution in [3.63, 3.8) is 0 Å². The van der Waals surface area contributed by atoms with Crippen molar-refractivity contribution in [3.8, 4) is 11.8 Å². The summed E-state index contributed by atoms with van der Waals surface area (Å²) < 4.78 is 38.2. The number of hydrogen-bond donors (Lipinski definition) is 0. The summed E-state index contributed by atoms with van der Waals surface area (Å²) in [5, 5.41) is 9.94. The topological polar surface area (TPSA) is 72.2 Å². The SMILES string of the molecule is N#Cc1cnc2ccccc2c1OCCOC(=O)C1CCCC2C1C2(F)F. The smallest absolute Gasteiger partial charge is 0.309 e. The highest BCUT2D eigenvalue weighted by Crippen LogP contribution is 2.64. The lowest BCUT2D eigenvalue weighted by atomic mass is 9.89. The average molecular weight is 372 g/mol. The van der Waals surface area contributed by atoms with Crippen molar-refractivity contribution < 1.29 is 23.0 Å². The van der Waals surface area contributed by atoms with E-state index in [1.165, 1.54) is 6.20 Å². The van der Waals surface area contributed by atoms with Gasteiger partial charge in [0.1, 0.15) is 30.6 Å². The molecule has 3 atom stereocenters.